The second-order valence-corrected chi connectivity index (χ2v) is 4.90. The summed E-state index contributed by atoms with van der Waals surface area (Å²) in [7, 11) is 0. The van der Waals surface area contributed by atoms with Gasteiger partial charge in [-0.2, -0.15) is 0 Å². The maximum atomic E-state index is 10.8. The molecule has 0 bridgehead atoms. The van der Waals surface area contributed by atoms with Gasteiger partial charge in [0.25, 0.3) is 5.69 Å². The smallest absolute Gasteiger partial charge is 0.273 e. The lowest BCUT2D eigenvalue weighted by Gasteiger charge is -2.16. The second kappa shape index (κ2) is 5.84. The quantitative estimate of drug-likeness (QED) is 0.615. The number of benzene rings is 2. The molecular weight excluding hydrogens is 310 g/mol. The minimum absolute atomic E-state index is 0.0125. The first-order valence-corrected chi connectivity index (χ1v) is 6.53. The Labute approximate surface area is 119 Å². The molecule has 0 N–H and O–H groups in total. The van der Waals surface area contributed by atoms with Crippen LogP contribution in [0.3, 0.4) is 0 Å². The standard InChI is InChI=1S/C14H12BrNO3/c1-10(11-5-3-2-4-6-11)19-14-9-12(16(17)18)7-8-13(14)15/h2-10H,1H3. The Kier molecular flexibility index (Phi) is 4.16. The van der Waals surface area contributed by atoms with E-state index < -0.39 is 4.92 Å². The van der Waals surface area contributed by atoms with Crippen LogP contribution in [0.1, 0.15) is 18.6 Å². The summed E-state index contributed by atoms with van der Waals surface area (Å²) in [4.78, 5) is 10.3. The highest BCUT2D eigenvalue weighted by Gasteiger charge is 2.13. The Bertz CT molecular complexity index is 586. The van der Waals surface area contributed by atoms with Crippen LogP contribution in [-0.2, 0) is 0 Å². The number of non-ortho nitro benzene ring substituents is 1. The Morgan fingerprint density at radius 3 is 2.53 bits per heavy atom. The molecular formula is C14H12BrNO3. The zero-order valence-electron chi connectivity index (χ0n) is 10.2. The minimum atomic E-state index is -0.438. The van der Waals surface area contributed by atoms with Gasteiger partial charge in [-0.3, -0.25) is 10.1 Å². The lowest BCUT2D eigenvalue weighted by molar-refractivity contribution is -0.385. The highest BCUT2D eigenvalue weighted by atomic mass is 79.9. The van der Waals surface area contributed by atoms with Crippen molar-refractivity contribution in [1.82, 2.24) is 0 Å². The number of nitrogens with zero attached hydrogens (tertiary/aromatic N) is 1. The fraction of sp³-hybridized carbons (Fsp3) is 0.143. The van der Waals surface area contributed by atoms with Gasteiger partial charge in [-0.25, -0.2) is 0 Å². The van der Waals surface area contributed by atoms with Gasteiger partial charge in [-0.15, -0.1) is 0 Å². The molecule has 0 saturated heterocycles. The van der Waals surface area contributed by atoms with Gasteiger partial charge in [-0.05, 0) is 34.5 Å². The summed E-state index contributed by atoms with van der Waals surface area (Å²) < 4.78 is 6.47. The zero-order valence-corrected chi connectivity index (χ0v) is 11.8. The Hall–Kier alpha value is -1.88. The van der Waals surface area contributed by atoms with Crippen LogP contribution < -0.4 is 4.74 Å². The molecule has 19 heavy (non-hydrogen) atoms. The van der Waals surface area contributed by atoms with Crippen LogP contribution in [0.15, 0.2) is 53.0 Å². The number of hydrogen-bond donors (Lipinski definition) is 0. The SMILES string of the molecule is CC(Oc1cc([N+](=O)[O-])ccc1Br)c1ccccc1. The molecule has 0 saturated carbocycles. The molecule has 1 atom stereocenters. The first-order chi connectivity index (χ1) is 9.08. The predicted octanol–water partition coefficient (Wildman–Crippen LogP) is 4.50. The molecule has 0 radical (unpaired) electrons. The Balaban J connectivity index is 2.23. The molecule has 0 amide bonds. The number of rotatable bonds is 4. The monoisotopic (exact) mass is 321 g/mol. The van der Waals surface area contributed by atoms with Crippen LogP contribution in [0.2, 0.25) is 0 Å². The van der Waals surface area contributed by atoms with Crippen molar-refractivity contribution in [2.45, 2.75) is 13.0 Å². The Morgan fingerprint density at radius 2 is 1.89 bits per heavy atom. The maximum Gasteiger partial charge on any atom is 0.273 e. The fourth-order valence-corrected chi connectivity index (χ4v) is 2.02. The summed E-state index contributed by atoms with van der Waals surface area (Å²) in [6, 6.07) is 14.2. The van der Waals surface area contributed by atoms with Crippen molar-refractivity contribution in [2.75, 3.05) is 0 Å². The van der Waals surface area contributed by atoms with E-state index in [1.54, 1.807) is 6.07 Å². The second-order valence-electron chi connectivity index (χ2n) is 4.04. The molecule has 2 rings (SSSR count). The van der Waals surface area contributed by atoms with Crippen molar-refractivity contribution in [2.24, 2.45) is 0 Å². The molecule has 2 aromatic rings. The number of nitro groups is 1. The zero-order chi connectivity index (χ0) is 13.8. The first kappa shape index (κ1) is 13.5. The van der Waals surface area contributed by atoms with E-state index in [4.69, 9.17) is 4.74 Å². The molecule has 4 nitrogen and oxygen atoms in total. The summed E-state index contributed by atoms with van der Waals surface area (Å²) in [5, 5.41) is 10.8. The highest BCUT2D eigenvalue weighted by Crippen LogP contribution is 2.32. The van der Waals surface area contributed by atoms with Gasteiger partial charge in [0.1, 0.15) is 11.9 Å². The topological polar surface area (TPSA) is 52.4 Å². The average molecular weight is 322 g/mol. The third-order valence-corrected chi connectivity index (χ3v) is 3.35. The van der Waals surface area contributed by atoms with Crippen molar-refractivity contribution in [1.29, 1.82) is 0 Å². The van der Waals surface area contributed by atoms with E-state index in [0.717, 1.165) is 5.56 Å². The van der Waals surface area contributed by atoms with Crippen molar-refractivity contribution >= 4 is 21.6 Å². The van der Waals surface area contributed by atoms with Crippen molar-refractivity contribution in [3.8, 4) is 5.75 Å². The third kappa shape index (κ3) is 3.32. The third-order valence-electron chi connectivity index (χ3n) is 2.70. The molecule has 2 aromatic carbocycles. The van der Waals surface area contributed by atoms with Gasteiger partial charge in [0, 0.05) is 6.07 Å². The number of halogens is 1. The van der Waals surface area contributed by atoms with Gasteiger partial charge in [0.05, 0.1) is 15.5 Å². The van der Waals surface area contributed by atoms with Crippen molar-refractivity contribution in [3.05, 3.63) is 68.7 Å². The first-order valence-electron chi connectivity index (χ1n) is 5.73. The largest absolute Gasteiger partial charge is 0.485 e. The van der Waals surface area contributed by atoms with E-state index in [2.05, 4.69) is 15.9 Å². The van der Waals surface area contributed by atoms with Crippen molar-refractivity contribution in [3.63, 3.8) is 0 Å². The molecule has 0 aliphatic carbocycles. The molecule has 0 aliphatic rings. The molecule has 0 aliphatic heterocycles. The minimum Gasteiger partial charge on any atom is -0.485 e. The summed E-state index contributed by atoms with van der Waals surface area (Å²) >= 11 is 3.33. The molecule has 1 unspecified atom stereocenters. The van der Waals surface area contributed by atoms with E-state index in [-0.39, 0.29) is 11.8 Å². The molecule has 98 valence electrons. The van der Waals surface area contributed by atoms with Crippen LogP contribution in [0, 0.1) is 10.1 Å². The van der Waals surface area contributed by atoms with E-state index >= 15 is 0 Å². The number of hydrogen-bond acceptors (Lipinski definition) is 3. The van der Waals surface area contributed by atoms with Gasteiger partial charge in [0.15, 0.2) is 0 Å². The molecule has 0 heterocycles. The van der Waals surface area contributed by atoms with E-state index in [1.807, 2.05) is 37.3 Å². The molecule has 0 spiro atoms. The Morgan fingerprint density at radius 1 is 1.21 bits per heavy atom. The number of nitro benzene ring substituents is 1. The summed E-state index contributed by atoms with van der Waals surface area (Å²) in [5.41, 5.74) is 1.03. The molecule has 0 aromatic heterocycles. The van der Waals surface area contributed by atoms with Crippen LogP contribution in [0.25, 0.3) is 0 Å². The predicted molar refractivity (Wildman–Crippen MR) is 76.3 cm³/mol. The van der Waals surface area contributed by atoms with Crippen LogP contribution in [-0.4, -0.2) is 4.92 Å². The van der Waals surface area contributed by atoms with Crippen LogP contribution in [0.5, 0.6) is 5.75 Å². The summed E-state index contributed by atoms with van der Waals surface area (Å²) in [6.45, 7) is 1.90. The number of ether oxygens (including phenoxy) is 1. The van der Waals surface area contributed by atoms with E-state index in [1.165, 1.54) is 12.1 Å². The maximum absolute atomic E-state index is 10.8. The fourth-order valence-electron chi connectivity index (χ4n) is 1.68. The van der Waals surface area contributed by atoms with E-state index in [0.29, 0.717) is 10.2 Å². The summed E-state index contributed by atoms with van der Waals surface area (Å²) in [5.74, 6) is 0.463. The molecule has 0 fully saturated rings. The lowest BCUT2D eigenvalue weighted by atomic mass is 10.1. The van der Waals surface area contributed by atoms with Crippen LogP contribution >= 0.6 is 15.9 Å². The lowest BCUT2D eigenvalue weighted by Crippen LogP contribution is -2.03. The molecule has 5 heteroatoms. The van der Waals surface area contributed by atoms with Crippen LogP contribution in [0.4, 0.5) is 5.69 Å². The van der Waals surface area contributed by atoms with Crippen molar-refractivity contribution < 1.29 is 9.66 Å². The van der Waals surface area contributed by atoms with Gasteiger partial charge in [-0.1, -0.05) is 30.3 Å². The summed E-state index contributed by atoms with van der Waals surface area (Å²) in [6.07, 6.45) is -0.181. The highest BCUT2D eigenvalue weighted by molar-refractivity contribution is 9.10. The normalized spacial score (nSPS) is 11.9. The van der Waals surface area contributed by atoms with Gasteiger partial charge < -0.3 is 4.74 Å². The van der Waals surface area contributed by atoms with Gasteiger partial charge >= 0.3 is 0 Å². The van der Waals surface area contributed by atoms with E-state index in [9.17, 15) is 10.1 Å². The van der Waals surface area contributed by atoms with Gasteiger partial charge in [0.2, 0.25) is 0 Å². The average Bonchev–Trinajstić information content (AvgIpc) is 2.42.